The smallest absolute Gasteiger partial charge is 0.290 e. The van der Waals surface area contributed by atoms with Gasteiger partial charge in [-0.1, -0.05) is 0 Å². The SMILES string of the molecule is CCN(CC)C(=O)C(C)Nc1ccc([N+](=O)[O-])c(C)n1. The van der Waals surface area contributed by atoms with Crippen molar-refractivity contribution in [3.05, 3.63) is 27.9 Å². The van der Waals surface area contributed by atoms with E-state index in [1.165, 1.54) is 12.1 Å². The molecule has 0 fully saturated rings. The van der Waals surface area contributed by atoms with Crippen LogP contribution in [0.1, 0.15) is 26.5 Å². The molecule has 0 radical (unpaired) electrons. The number of likely N-dealkylation sites (N-methyl/N-ethyl adjacent to an activating group) is 1. The van der Waals surface area contributed by atoms with E-state index in [-0.39, 0.29) is 11.6 Å². The van der Waals surface area contributed by atoms with E-state index in [0.29, 0.717) is 24.6 Å². The second-order valence-corrected chi connectivity index (χ2v) is 4.43. The van der Waals surface area contributed by atoms with Gasteiger partial charge in [0.1, 0.15) is 17.6 Å². The number of anilines is 1. The predicted octanol–water partition coefficient (Wildman–Crippen LogP) is 1.97. The summed E-state index contributed by atoms with van der Waals surface area (Å²) in [5.41, 5.74) is 0.292. The van der Waals surface area contributed by atoms with Gasteiger partial charge in [-0.2, -0.15) is 0 Å². The maximum Gasteiger partial charge on any atom is 0.290 e. The molecule has 0 bridgehead atoms. The standard InChI is InChI=1S/C13H20N4O3/c1-5-16(6-2)13(18)10(4)15-12-8-7-11(17(19)20)9(3)14-12/h7-8,10H,5-6H2,1-4H3,(H,14,15). The largest absolute Gasteiger partial charge is 0.359 e. The number of amides is 1. The summed E-state index contributed by atoms with van der Waals surface area (Å²) in [6.45, 7) is 8.45. The minimum atomic E-state index is -0.476. The van der Waals surface area contributed by atoms with E-state index in [9.17, 15) is 14.9 Å². The van der Waals surface area contributed by atoms with Gasteiger partial charge >= 0.3 is 0 Å². The van der Waals surface area contributed by atoms with E-state index in [1.807, 2.05) is 13.8 Å². The molecule has 0 aliphatic carbocycles. The Morgan fingerprint density at radius 2 is 2.05 bits per heavy atom. The highest BCUT2D eigenvalue weighted by Gasteiger charge is 2.19. The molecular formula is C13H20N4O3. The number of carbonyl (C=O) groups excluding carboxylic acids is 1. The molecule has 110 valence electrons. The second kappa shape index (κ2) is 6.83. The molecule has 0 aromatic carbocycles. The van der Waals surface area contributed by atoms with Crippen LogP contribution in [0.25, 0.3) is 0 Å². The molecule has 7 heteroatoms. The average Bonchev–Trinajstić information content (AvgIpc) is 2.39. The quantitative estimate of drug-likeness (QED) is 0.635. The van der Waals surface area contributed by atoms with Crippen LogP contribution < -0.4 is 5.32 Å². The number of nitrogens with one attached hydrogen (secondary N) is 1. The Labute approximate surface area is 118 Å². The van der Waals surface area contributed by atoms with Gasteiger partial charge in [0.2, 0.25) is 5.91 Å². The Balaban J connectivity index is 2.81. The van der Waals surface area contributed by atoms with E-state index in [0.717, 1.165) is 0 Å². The fourth-order valence-corrected chi connectivity index (χ4v) is 1.92. The maximum atomic E-state index is 12.1. The first-order valence-corrected chi connectivity index (χ1v) is 6.58. The van der Waals surface area contributed by atoms with Crippen molar-refractivity contribution >= 4 is 17.4 Å². The number of aryl methyl sites for hydroxylation is 1. The minimum absolute atomic E-state index is 0.0206. The number of rotatable bonds is 6. The average molecular weight is 280 g/mol. The van der Waals surface area contributed by atoms with Gasteiger partial charge in [-0.25, -0.2) is 4.98 Å². The fourth-order valence-electron chi connectivity index (χ4n) is 1.92. The van der Waals surface area contributed by atoms with Gasteiger partial charge in [-0.15, -0.1) is 0 Å². The molecule has 1 atom stereocenters. The predicted molar refractivity (Wildman–Crippen MR) is 76.6 cm³/mol. The molecule has 0 spiro atoms. The zero-order chi connectivity index (χ0) is 15.3. The first kappa shape index (κ1) is 15.9. The van der Waals surface area contributed by atoms with Crippen LogP contribution in [0.4, 0.5) is 11.5 Å². The van der Waals surface area contributed by atoms with Gasteiger partial charge in [0.25, 0.3) is 5.69 Å². The molecule has 0 saturated heterocycles. The van der Waals surface area contributed by atoms with Crippen LogP contribution >= 0.6 is 0 Å². The van der Waals surface area contributed by atoms with Gasteiger partial charge in [0.05, 0.1) is 4.92 Å². The summed E-state index contributed by atoms with van der Waals surface area (Å²) in [6.07, 6.45) is 0. The molecule has 0 aliphatic heterocycles. The molecular weight excluding hydrogens is 260 g/mol. The normalized spacial score (nSPS) is 11.8. The molecule has 1 N–H and O–H groups in total. The molecule has 7 nitrogen and oxygen atoms in total. The lowest BCUT2D eigenvalue weighted by atomic mass is 10.2. The van der Waals surface area contributed by atoms with Crippen molar-refractivity contribution in [2.75, 3.05) is 18.4 Å². The lowest BCUT2D eigenvalue weighted by Crippen LogP contribution is -2.41. The Morgan fingerprint density at radius 3 is 2.50 bits per heavy atom. The molecule has 0 aliphatic rings. The van der Waals surface area contributed by atoms with Gasteiger partial charge in [0, 0.05) is 19.2 Å². The van der Waals surface area contributed by atoms with Crippen LogP contribution in [0.15, 0.2) is 12.1 Å². The van der Waals surface area contributed by atoms with Gasteiger partial charge in [-0.3, -0.25) is 14.9 Å². The first-order valence-electron chi connectivity index (χ1n) is 6.58. The Morgan fingerprint density at radius 1 is 1.45 bits per heavy atom. The maximum absolute atomic E-state index is 12.1. The lowest BCUT2D eigenvalue weighted by molar-refractivity contribution is -0.385. The fraction of sp³-hybridized carbons (Fsp3) is 0.538. The molecule has 0 saturated carbocycles. The van der Waals surface area contributed by atoms with Crippen molar-refractivity contribution in [3.63, 3.8) is 0 Å². The molecule has 1 aromatic heterocycles. The van der Waals surface area contributed by atoms with Crippen LogP contribution in [0.5, 0.6) is 0 Å². The minimum Gasteiger partial charge on any atom is -0.359 e. The topological polar surface area (TPSA) is 88.4 Å². The van der Waals surface area contributed by atoms with Gasteiger partial charge in [-0.05, 0) is 33.8 Å². The summed E-state index contributed by atoms with van der Waals surface area (Å²) in [7, 11) is 0. The van der Waals surface area contributed by atoms with E-state index in [2.05, 4.69) is 10.3 Å². The van der Waals surface area contributed by atoms with Crippen LogP contribution in [0.3, 0.4) is 0 Å². The number of nitrogens with zero attached hydrogens (tertiary/aromatic N) is 3. The van der Waals surface area contributed by atoms with Crippen molar-refractivity contribution in [1.29, 1.82) is 0 Å². The van der Waals surface area contributed by atoms with Gasteiger partial charge in [0.15, 0.2) is 0 Å². The van der Waals surface area contributed by atoms with Crippen molar-refractivity contribution < 1.29 is 9.72 Å². The van der Waals surface area contributed by atoms with Crippen LogP contribution in [-0.2, 0) is 4.79 Å². The highest BCUT2D eigenvalue weighted by atomic mass is 16.6. The van der Waals surface area contributed by atoms with Crippen LogP contribution in [-0.4, -0.2) is 39.8 Å². The number of aromatic nitrogens is 1. The summed E-state index contributed by atoms with van der Waals surface area (Å²) in [5.74, 6) is 0.439. The molecule has 1 rings (SSSR count). The van der Waals surface area contributed by atoms with E-state index in [1.54, 1.807) is 18.7 Å². The summed E-state index contributed by atoms with van der Waals surface area (Å²) in [6, 6.07) is 2.47. The lowest BCUT2D eigenvalue weighted by Gasteiger charge is -2.23. The molecule has 1 unspecified atom stereocenters. The summed E-state index contributed by atoms with van der Waals surface area (Å²) in [4.78, 5) is 28.2. The number of hydrogen-bond donors (Lipinski definition) is 1. The van der Waals surface area contributed by atoms with Crippen molar-refractivity contribution in [2.24, 2.45) is 0 Å². The van der Waals surface area contributed by atoms with Crippen molar-refractivity contribution in [2.45, 2.75) is 33.7 Å². The Kier molecular flexibility index (Phi) is 5.42. The van der Waals surface area contributed by atoms with Crippen LogP contribution in [0, 0.1) is 17.0 Å². The Bertz CT molecular complexity index is 500. The molecule has 20 heavy (non-hydrogen) atoms. The second-order valence-electron chi connectivity index (χ2n) is 4.43. The zero-order valence-electron chi connectivity index (χ0n) is 12.2. The molecule has 1 amide bonds. The Hall–Kier alpha value is -2.18. The number of pyridine rings is 1. The van der Waals surface area contributed by atoms with E-state index in [4.69, 9.17) is 0 Å². The number of nitro groups is 1. The molecule has 1 heterocycles. The highest BCUT2D eigenvalue weighted by Crippen LogP contribution is 2.18. The third-order valence-corrected chi connectivity index (χ3v) is 3.06. The summed E-state index contributed by atoms with van der Waals surface area (Å²) < 4.78 is 0. The monoisotopic (exact) mass is 280 g/mol. The first-order chi connectivity index (χ1) is 9.40. The van der Waals surface area contributed by atoms with E-state index >= 15 is 0 Å². The van der Waals surface area contributed by atoms with Crippen molar-refractivity contribution in [1.82, 2.24) is 9.88 Å². The third-order valence-electron chi connectivity index (χ3n) is 3.06. The molecule has 1 aromatic rings. The van der Waals surface area contributed by atoms with Crippen LogP contribution in [0.2, 0.25) is 0 Å². The van der Waals surface area contributed by atoms with Gasteiger partial charge < -0.3 is 10.2 Å². The number of hydrogen-bond acceptors (Lipinski definition) is 5. The zero-order valence-corrected chi connectivity index (χ0v) is 12.2. The van der Waals surface area contributed by atoms with E-state index < -0.39 is 11.0 Å². The highest BCUT2D eigenvalue weighted by molar-refractivity contribution is 5.84. The summed E-state index contributed by atoms with van der Waals surface area (Å²) in [5, 5.41) is 13.7. The number of carbonyl (C=O) groups is 1. The summed E-state index contributed by atoms with van der Waals surface area (Å²) >= 11 is 0. The third kappa shape index (κ3) is 3.66. The van der Waals surface area contributed by atoms with Crippen molar-refractivity contribution in [3.8, 4) is 0 Å².